The monoisotopic (exact) mass is 271 g/mol. The predicted octanol–water partition coefficient (Wildman–Crippen LogP) is 0.855. The molecule has 0 radical (unpaired) electrons. The van der Waals surface area contributed by atoms with Crippen molar-refractivity contribution in [3.05, 3.63) is 0 Å². The minimum atomic E-state index is -0.714. The molecule has 1 aliphatic rings. The van der Waals surface area contributed by atoms with E-state index in [2.05, 4.69) is 36.1 Å². The Hall–Kier alpha value is -0.650. The molecule has 0 aromatic heterocycles. The molecule has 5 nitrogen and oxygen atoms in total. The van der Waals surface area contributed by atoms with Crippen molar-refractivity contribution in [2.45, 2.75) is 44.2 Å². The van der Waals surface area contributed by atoms with Crippen LogP contribution in [-0.4, -0.2) is 73.2 Å². The van der Waals surface area contributed by atoms with E-state index in [1.54, 1.807) is 7.05 Å². The van der Waals surface area contributed by atoms with Gasteiger partial charge in [0.2, 0.25) is 0 Å². The molecule has 112 valence electrons. The summed E-state index contributed by atoms with van der Waals surface area (Å²) in [6.45, 7) is 5.28. The van der Waals surface area contributed by atoms with Gasteiger partial charge >= 0.3 is 5.97 Å². The molecule has 1 aliphatic carbocycles. The lowest BCUT2D eigenvalue weighted by molar-refractivity contribution is -0.144. The van der Waals surface area contributed by atoms with Crippen molar-refractivity contribution >= 4 is 5.97 Å². The van der Waals surface area contributed by atoms with Crippen molar-refractivity contribution in [3.63, 3.8) is 0 Å². The van der Waals surface area contributed by atoms with E-state index in [1.807, 2.05) is 0 Å². The molecule has 2 unspecified atom stereocenters. The highest BCUT2D eigenvalue weighted by molar-refractivity contribution is 5.79. The molecule has 0 aromatic carbocycles. The number of rotatable bonds is 8. The van der Waals surface area contributed by atoms with Gasteiger partial charge in [0.25, 0.3) is 0 Å². The minimum absolute atomic E-state index is 0.392. The summed E-state index contributed by atoms with van der Waals surface area (Å²) in [5.41, 5.74) is -0.714. The van der Waals surface area contributed by atoms with Crippen LogP contribution in [0.25, 0.3) is 0 Å². The van der Waals surface area contributed by atoms with Crippen molar-refractivity contribution in [2.24, 2.45) is 0 Å². The van der Waals surface area contributed by atoms with Gasteiger partial charge in [-0.25, -0.2) is 0 Å². The molecule has 2 N–H and O–H groups in total. The molecular formula is C14H29N3O2. The highest BCUT2D eigenvalue weighted by Gasteiger charge is 2.45. The minimum Gasteiger partial charge on any atom is -0.480 e. The fourth-order valence-corrected chi connectivity index (χ4v) is 2.95. The van der Waals surface area contributed by atoms with Gasteiger partial charge < -0.3 is 15.3 Å². The number of hydrogen-bond acceptors (Lipinski definition) is 4. The third kappa shape index (κ3) is 4.16. The maximum Gasteiger partial charge on any atom is 0.323 e. The van der Waals surface area contributed by atoms with Crippen LogP contribution >= 0.6 is 0 Å². The van der Waals surface area contributed by atoms with E-state index in [0.717, 1.165) is 38.9 Å². The van der Waals surface area contributed by atoms with Crippen LogP contribution in [0.1, 0.15) is 32.6 Å². The Balaban J connectivity index is 2.64. The Bertz CT molecular complexity index is 296. The van der Waals surface area contributed by atoms with Gasteiger partial charge in [0.15, 0.2) is 0 Å². The standard InChI is InChI=1S/C14H29N3O2/c1-5-8-17(10-9-16(3)4)12-6-7-14(11-12,15-2)13(18)19/h12,15H,5-11H2,1-4H3,(H,18,19). The Morgan fingerprint density at radius 1 is 1.37 bits per heavy atom. The maximum atomic E-state index is 11.5. The number of aliphatic carboxylic acids is 1. The second-order valence-electron chi connectivity index (χ2n) is 5.87. The molecule has 0 aliphatic heterocycles. The summed E-state index contributed by atoms with van der Waals surface area (Å²) >= 11 is 0. The summed E-state index contributed by atoms with van der Waals surface area (Å²) in [7, 11) is 5.92. The zero-order valence-electron chi connectivity index (χ0n) is 12.8. The number of carbonyl (C=O) groups is 1. The van der Waals surface area contributed by atoms with E-state index in [0.29, 0.717) is 12.5 Å². The fourth-order valence-electron chi connectivity index (χ4n) is 2.95. The SMILES string of the molecule is CCCN(CCN(C)C)C1CCC(NC)(C(=O)O)C1. The molecule has 1 saturated carbocycles. The molecule has 0 bridgehead atoms. The average molecular weight is 271 g/mol. The first-order chi connectivity index (χ1) is 8.95. The van der Waals surface area contributed by atoms with Gasteiger partial charge in [0.05, 0.1) is 0 Å². The van der Waals surface area contributed by atoms with Gasteiger partial charge in [-0.05, 0) is 53.4 Å². The average Bonchev–Trinajstić information content (AvgIpc) is 2.80. The molecule has 2 atom stereocenters. The largest absolute Gasteiger partial charge is 0.480 e. The molecule has 0 amide bonds. The zero-order chi connectivity index (χ0) is 14.5. The number of nitrogens with one attached hydrogen (secondary N) is 1. The molecular weight excluding hydrogens is 242 g/mol. The van der Waals surface area contributed by atoms with Crippen molar-refractivity contribution in [1.82, 2.24) is 15.1 Å². The summed E-state index contributed by atoms with van der Waals surface area (Å²) in [5.74, 6) is -0.707. The molecule has 0 spiro atoms. The highest BCUT2D eigenvalue weighted by atomic mass is 16.4. The molecule has 0 aromatic rings. The lowest BCUT2D eigenvalue weighted by atomic mass is 9.98. The van der Waals surface area contributed by atoms with Crippen LogP contribution in [0.3, 0.4) is 0 Å². The second kappa shape index (κ2) is 7.22. The first-order valence-electron chi connectivity index (χ1n) is 7.26. The summed E-state index contributed by atoms with van der Waals surface area (Å²) in [5, 5.41) is 12.5. The number of carboxylic acids is 1. The van der Waals surface area contributed by atoms with Gasteiger partial charge in [-0.2, -0.15) is 0 Å². The number of carboxylic acid groups (broad SMARTS) is 1. The van der Waals surface area contributed by atoms with Crippen molar-refractivity contribution in [3.8, 4) is 0 Å². The zero-order valence-corrected chi connectivity index (χ0v) is 12.8. The van der Waals surface area contributed by atoms with Gasteiger partial charge in [-0.15, -0.1) is 0 Å². The molecule has 0 heterocycles. The summed E-state index contributed by atoms with van der Waals surface area (Å²) in [6.07, 6.45) is 3.53. The molecule has 19 heavy (non-hydrogen) atoms. The van der Waals surface area contributed by atoms with Crippen LogP contribution in [0.2, 0.25) is 0 Å². The Labute approximate surface area is 117 Å². The van der Waals surface area contributed by atoms with Gasteiger partial charge in [-0.3, -0.25) is 9.69 Å². The topological polar surface area (TPSA) is 55.8 Å². The highest BCUT2D eigenvalue weighted by Crippen LogP contribution is 2.33. The third-order valence-electron chi connectivity index (χ3n) is 4.24. The van der Waals surface area contributed by atoms with Crippen LogP contribution in [0.15, 0.2) is 0 Å². The van der Waals surface area contributed by atoms with E-state index < -0.39 is 11.5 Å². The van der Waals surface area contributed by atoms with E-state index in [4.69, 9.17) is 0 Å². The molecule has 0 saturated heterocycles. The third-order valence-corrected chi connectivity index (χ3v) is 4.24. The van der Waals surface area contributed by atoms with Crippen LogP contribution in [0, 0.1) is 0 Å². The normalized spacial score (nSPS) is 27.4. The number of nitrogens with zero attached hydrogens (tertiary/aromatic N) is 2. The molecule has 5 heteroatoms. The van der Waals surface area contributed by atoms with Crippen LogP contribution in [-0.2, 0) is 4.79 Å². The van der Waals surface area contributed by atoms with Crippen LogP contribution < -0.4 is 5.32 Å². The van der Waals surface area contributed by atoms with E-state index >= 15 is 0 Å². The first-order valence-corrected chi connectivity index (χ1v) is 7.26. The maximum absolute atomic E-state index is 11.5. The van der Waals surface area contributed by atoms with Crippen LogP contribution in [0.5, 0.6) is 0 Å². The Morgan fingerprint density at radius 3 is 2.47 bits per heavy atom. The fraction of sp³-hybridized carbons (Fsp3) is 0.929. The van der Waals surface area contributed by atoms with Crippen LogP contribution in [0.4, 0.5) is 0 Å². The van der Waals surface area contributed by atoms with Gasteiger partial charge in [0.1, 0.15) is 5.54 Å². The van der Waals surface area contributed by atoms with Crippen molar-refractivity contribution < 1.29 is 9.90 Å². The Morgan fingerprint density at radius 2 is 2.05 bits per heavy atom. The number of likely N-dealkylation sites (N-methyl/N-ethyl adjacent to an activating group) is 2. The second-order valence-corrected chi connectivity index (χ2v) is 5.87. The lowest BCUT2D eigenvalue weighted by Gasteiger charge is -2.31. The summed E-state index contributed by atoms with van der Waals surface area (Å²) in [4.78, 5) is 16.1. The van der Waals surface area contributed by atoms with Crippen molar-refractivity contribution in [1.29, 1.82) is 0 Å². The smallest absolute Gasteiger partial charge is 0.323 e. The lowest BCUT2D eigenvalue weighted by Crippen LogP contribution is -2.50. The van der Waals surface area contributed by atoms with E-state index in [1.165, 1.54) is 0 Å². The summed E-state index contributed by atoms with van der Waals surface area (Å²) in [6, 6.07) is 0.392. The number of hydrogen-bond donors (Lipinski definition) is 2. The van der Waals surface area contributed by atoms with Gasteiger partial charge in [-0.1, -0.05) is 6.92 Å². The predicted molar refractivity (Wildman–Crippen MR) is 77.5 cm³/mol. The first kappa shape index (κ1) is 16.4. The molecule has 1 rings (SSSR count). The quantitative estimate of drug-likeness (QED) is 0.685. The Kier molecular flexibility index (Phi) is 6.23. The van der Waals surface area contributed by atoms with Crippen molar-refractivity contribution in [2.75, 3.05) is 40.8 Å². The van der Waals surface area contributed by atoms with Gasteiger partial charge in [0, 0.05) is 19.1 Å². The molecule has 1 fully saturated rings. The van der Waals surface area contributed by atoms with E-state index in [-0.39, 0.29) is 0 Å². The van der Waals surface area contributed by atoms with E-state index in [9.17, 15) is 9.90 Å². The summed E-state index contributed by atoms with van der Waals surface area (Å²) < 4.78 is 0.